The van der Waals surface area contributed by atoms with Gasteiger partial charge in [-0.05, 0) is 48.7 Å². The van der Waals surface area contributed by atoms with Crippen molar-refractivity contribution in [1.82, 2.24) is 5.32 Å². The molecule has 0 saturated heterocycles. The molecule has 0 aliphatic rings. The highest BCUT2D eigenvalue weighted by atomic mass is 35.5. The first-order valence-corrected chi connectivity index (χ1v) is 8.29. The third-order valence-electron chi connectivity index (χ3n) is 3.60. The van der Waals surface area contributed by atoms with Crippen molar-refractivity contribution in [2.75, 3.05) is 6.54 Å². The molecule has 0 aliphatic carbocycles. The molecule has 0 fully saturated rings. The standard InChI is InChI=1S/C19H23ClFNO/c1-14(2)10-11-22-12-15-6-8-16(9-7-15)23-13-17-18(20)4-3-5-19(17)21/h3-9,14,22H,10-13H2,1-2H3. The van der Waals surface area contributed by atoms with Crippen LogP contribution in [0, 0.1) is 11.7 Å². The topological polar surface area (TPSA) is 21.3 Å². The molecule has 2 aromatic rings. The summed E-state index contributed by atoms with van der Waals surface area (Å²) in [6, 6.07) is 12.5. The smallest absolute Gasteiger partial charge is 0.131 e. The summed E-state index contributed by atoms with van der Waals surface area (Å²) in [5.41, 5.74) is 1.58. The van der Waals surface area contributed by atoms with Crippen molar-refractivity contribution in [3.63, 3.8) is 0 Å². The summed E-state index contributed by atoms with van der Waals surface area (Å²) in [7, 11) is 0. The number of hydrogen-bond donors (Lipinski definition) is 1. The van der Waals surface area contributed by atoms with E-state index in [2.05, 4.69) is 19.2 Å². The molecule has 0 aromatic heterocycles. The Kier molecular flexibility index (Phi) is 6.87. The van der Waals surface area contributed by atoms with E-state index in [1.54, 1.807) is 12.1 Å². The fraction of sp³-hybridized carbons (Fsp3) is 0.368. The van der Waals surface area contributed by atoms with Crippen LogP contribution in [0.15, 0.2) is 42.5 Å². The van der Waals surface area contributed by atoms with Gasteiger partial charge in [-0.15, -0.1) is 0 Å². The quantitative estimate of drug-likeness (QED) is 0.670. The van der Waals surface area contributed by atoms with Gasteiger partial charge in [0, 0.05) is 12.1 Å². The lowest BCUT2D eigenvalue weighted by Gasteiger charge is -2.10. The molecule has 0 bridgehead atoms. The summed E-state index contributed by atoms with van der Waals surface area (Å²) >= 11 is 5.99. The normalized spacial score (nSPS) is 11.0. The zero-order valence-corrected chi connectivity index (χ0v) is 14.4. The lowest BCUT2D eigenvalue weighted by atomic mass is 10.1. The van der Waals surface area contributed by atoms with Gasteiger partial charge in [0.25, 0.3) is 0 Å². The molecule has 2 rings (SSSR count). The Morgan fingerprint density at radius 3 is 2.52 bits per heavy atom. The second kappa shape index (κ2) is 8.90. The van der Waals surface area contributed by atoms with Crippen LogP contribution in [0.5, 0.6) is 5.75 Å². The van der Waals surface area contributed by atoms with Crippen molar-refractivity contribution in [3.05, 3.63) is 64.4 Å². The van der Waals surface area contributed by atoms with Crippen molar-refractivity contribution in [1.29, 1.82) is 0 Å². The summed E-state index contributed by atoms with van der Waals surface area (Å²) in [5, 5.41) is 3.80. The Bertz CT molecular complexity index is 593. The zero-order valence-electron chi connectivity index (χ0n) is 13.6. The number of benzene rings is 2. The summed E-state index contributed by atoms with van der Waals surface area (Å²) in [6.07, 6.45) is 1.17. The second-order valence-electron chi connectivity index (χ2n) is 5.99. The second-order valence-corrected chi connectivity index (χ2v) is 6.40. The predicted molar refractivity (Wildman–Crippen MR) is 93.3 cm³/mol. The number of hydrogen-bond acceptors (Lipinski definition) is 2. The largest absolute Gasteiger partial charge is 0.489 e. The Balaban J connectivity index is 1.83. The van der Waals surface area contributed by atoms with E-state index in [0.717, 1.165) is 13.1 Å². The summed E-state index contributed by atoms with van der Waals surface area (Å²) in [4.78, 5) is 0. The van der Waals surface area contributed by atoms with Crippen LogP contribution in [0.25, 0.3) is 0 Å². The molecule has 2 aromatic carbocycles. The van der Waals surface area contributed by atoms with Crippen LogP contribution in [-0.4, -0.2) is 6.54 Å². The van der Waals surface area contributed by atoms with E-state index in [4.69, 9.17) is 16.3 Å². The molecule has 0 radical (unpaired) electrons. The highest BCUT2D eigenvalue weighted by Gasteiger charge is 2.07. The van der Waals surface area contributed by atoms with E-state index < -0.39 is 0 Å². The van der Waals surface area contributed by atoms with Gasteiger partial charge >= 0.3 is 0 Å². The fourth-order valence-corrected chi connectivity index (χ4v) is 2.37. The highest BCUT2D eigenvalue weighted by molar-refractivity contribution is 6.31. The van der Waals surface area contributed by atoms with Gasteiger partial charge in [-0.25, -0.2) is 4.39 Å². The van der Waals surface area contributed by atoms with Gasteiger partial charge < -0.3 is 10.1 Å². The van der Waals surface area contributed by atoms with E-state index in [1.165, 1.54) is 18.1 Å². The molecule has 1 N–H and O–H groups in total. The van der Waals surface area contributed by atoms with Gasteiger partial charge in [-0.3, -0.25) is 0 Å². The summed E-state index contributed by atoms with van der Waals surface area (Å²) < 4.78 is 19.3. The molecular weight excluding hydrogens is 313 g/mol. The minimum absolute atomic E-state index is 0.123. The van der Waals surface area contributed by atoms with Crippen LogP contribution in [-0.2, 0) is 13.2 Å². The number of halogens is 2. The zero-order chi connectivity index (χ0) is 16.7. The molecule has 0 unspecified atom stereocenters. The average molecular weight is 336 g/mol. The molecule has 2 nitrogen and oxygen atoms in total. The fourth-order valence-electron chi connectivity index (χ4n) is 2.15. The van der Waals surface area contributed by atoms with Crippen LogP contribution in [0.4, 0.5) is 4.39 Å². The predicted octanol–water partition coefficient (Wildman–Crippen LogP) is 5.19. The lowest BCUT2D eigenvalue weighted by Crippen LogP contribution is -2.16. The molecule has 0 atom stereocenters. The van der Waals surface area contributed by atoms with Gasteiger partial charge in [0.2, 0.25) is 0 Å². The maximum Gasteiger partial charge on any atom is 0.131 e. The van der Waals surface area contributed by atoms with Crippen LogP contribution in [0.3, 0.4) is 0 Å². The molecule has 0 amide bonds. The van der Waals surface area contributed by atoms with Crippen molar-refractivity contribution >= 4 is 11.6 Å². The number of rotatable bonds is 8. The van der Waals surface area contributed by atoms with Crippen LogP contribution >= 0.6 is 11.6 Å². The average Bonchev–Trinajstić information content (AvgIpc) is 2.52. The minimum Gasteiger partial charge on any atom is -0.489 e. The first-order chi connectivity index (χ1) is 11.1. The minimum atomic E-state index is -0.344. The molecule has 23 heavy (non-hydrogen) atoms. The highest BCUT2D eigenvalue weighted by Crippen LogP contribution is 2.21. The maximum atomic E-state index is 13.7. The number of ether oxygens (including phenoxy) is 1. The number of nitrogens with one attached hydrogen (secondary N) is 1. The van der Waals surface area contributed by atoms with Gasteiger partial charge in [0.1, 0.15) is 18.2 Å². The molecule has 0 heterocycles. The lowest BCUT2D eigenvalue weighted by molar-refractivity contribution is 0.300. The van der Waals surface area contributed by atoms with E-state index >= 15 is 0 Å². The van der Waals surface area contributed by atoms with Crippen LogP contribution in [0.1, 0.15) is 31.4 Å². The molecule has 0 aliphatic heterocycles. The third kappa shape index (κ3) is 5.85. The van der Waals surface area contributed by atoms with Gasteiger partial charge in [0.15, 0.2) is 0 Å². The van der Waals surface area contributed by atoms with Gasteiger partial charge in [-0.2, -0.15) is 0 Å². The van der Waals surface area contributed by atoms with E-state index in [9.17, 15) is 4.39 Å². The molecule has 4 heteroatoms. The molecule has 0 saturated carbocycles. The summed E-state index contributed by atoms with van der Waals surface area (Å²) in [5.74, 6) is 1.07. The van der Waals surface area contributed by atoms with Crippen molar-refractivity contribution in [2.24, 2.45) is 5.92 Å². The van der Waals surface area contributed by atoms with Crippen molar-refractivity contribution < 1.29 is 9.13 Å². The Morgan fingerprint density at radius 2 is 1.87 bits per heavy atom. The van der Waals surface area contributed by atoms with Crippen molar-refractivity contribution in [2.45, 2.75) is 33.4 Å². The van der Waals surface area contributed by atoms with Crippen LogP contribution in [0.2, 0.25) is 5.02 Å². The Morgan fingerprint density at radius 1 is 1.13 bits per heavy atom. The first kappa shape index (κ1) is 17.8. The van der Waals surface area contributed by atoms with Crippen LogP contribution < -0.4 is 10.1 Å². The Labute approximate surface area is 142 Å². The molecular formula is C19H23ClFNO. The van der Waals surface area contributed by atoms with E-state index in [0.29, 0.717) is 22.3 Å². The summed E-state index contributed by atoms with van der Waals surface area (Å²) in [6.45, 7) is 6.41. The Hall–Kier alpha value is -1.58. The maximum absolute atomic E-state index is 13.7. The SMILES string of the molecule is CC(C)CCNCc1ccc(OCc2c(F)cccc2Cl)cc1. The molecule has 124 valence electrons. The monoisotopic (exact) mass is 335 g/mol. The molecule has 0 spiro atoms. The third-order valence-corrected chi connectivity index (χ3v) is 3.95. The van der Waals surface area contributed by atoms with E-state index in [-0.39, 0.29) is 12.4 Å². The van der Waals surface area contributed by atoms with Gasteiger partial charge in [-0.1, -0.05) is 43.6 Å². The van der Waals surface area contributed by atoms with E-state index in [1.807, 2.05) is 24.3 Å². The van der Waals surface area contributed by atoms with Crippen molar-refractivity contribution in [3.8, 4) is 5.75 Å². The first-order valence-electron chi connectivity index (χ1n) is 7.91. The van der Waals surface area contributed by atoms with Gasteiger partial charge in [0.05, 0.1) is 5.02 Å².